The number of ether oxygens (including phenoxy) is 1. The number of benzene rings is 1. The van der Waals surface area contributed by atoms with E-state index in [2.05, 4.69) is 11.0 Å². The summed E-state index contributed by atoms with van der Waals surface area (Å²) in [5.74, 6) is -0.0397. The number of carbonyl (C=O) groups is 2. The maximum absolute atomic E-state index is 13.0. The van der Waals surface area contributed by atoms with E-state index in [0.717, 1.165) is 31.5 Å². The lowest BCUT2D eigenvalue weighted by Gasteiger charge is -2.30. The molecule has 2 amide bonds. The molecule has 5 nitrogen and oxygen atoms in total. The lowest BCUT2D eigenvalue weighted by Crippen LogP contribution is -2.47. The maximum Gasteiger partial charge on any atom is 0.241 e. The van der Waals surface area contributed by atoms with Gasteiger partial charge in [-0.3, -0.25) is 19.4 Å². The Balaban J connectivity index is 1.60. The highest BCUT2D eigenvalue weighted by Gasteiger charge is 2.55. The van der Waals surface area contributed by atoms with Gasteiger partial charge >= 0.3 is 0 Å². The molecule has 0 aromatic heterocycles. The highest BCUT2D eigenvalue weighted by Crippen LogP contribution is 2.46. The van der Waals surface area contributed by atoms with E-state index in [1.54, 1.807) is 0 Å². The summed E-state index contributed by atoms with van der Waals surface area (Å²) in [6.07, 6.45) is 1.98. The minimum Gasteiger partial charge on any atom is -0.379 e. The summed E-state index contributed by atoms with van der Waals surface area (Å²) in [6, 6.07) is 8.07. The molecule has 1 atom stereocenters. The van der Waals surface area contributed by atoms with Crippen LogP contribution in [-0.4, -0.2) is 54.6 Å². The number of aryl methyl sites for hydroxylation is 1. The fourth-order valence-corrected chi connectivity index (χ4v) is 3.98. The summed E-state index contributed by atoms with van der Waals surface area (Å²) in [6.45, 7) is 3.31. The standard InChI is InChI=1S/C17H20N2O3/c20-15-11-17(6-5-13-3-1-2-4-14(13)17)16(21)19(15)12-18-7-9-22-10-8-18/h1-4H,5-12H2. The predicted octanol–water partition coefficient (Wildman–Crippen LogP) is 0.919. The number of fused-ring (bicyclic) bond motifs is 2. The van der Waals surface area contributed by atoms with Crippen LogP contribution in [0.1, 0.15) is 24.0 Å². The van der Waals surface area contributed by atoms with Crippen LogP contribution in [0.5, 0.6) is 0 Å². The minimum atomic E-state index is -0.597. The van der Waals surface area contributed by atoms with Gasteiger partial charge in [-0.1, -0.05) is 24.3 Å². The van der Waals surface area contributed by atoms with Gasteiger partial charge in [0.2, 0.25) is 11.8 Å². The fourth-order valence-electron chi connectivity index (χ4n) is 3.98. The molecule has 2 aliphatic heterocycles. The number of imide groups is 1. The average molecular weight is 300 g/mol. The second-order valence-corrected chi connectivity index (χ2v) is 6.41. The van der Waals surface area contributed by atoms with Gasteiger partial charge in [0.25, 0.3) is 0 Å². The van der Waals surface area contributed by atoms with Gasteiger partial charge in [-0.05, 0) is 24.0 Å². The Morgan fingerprint density at radius 1 is 1.14 bits per heavy atom. The van der Waals surface area contributed by atoms with E-state index in [9.17, 15) is 9.59 Å². The van der Waals surface area contributed by atoms with Crippen molar-refractivity contribution in [3.63, 3.8) is 0 Å². The van der Waals surface area contributed by atoms with Crippen molar-refractivity contribution < 1.29 is 14.3 Å². The molecule has 0 bridgehead atoms. The second-order valence-electron chi connectivity index (χ2n) is 6.41. The van der Waals surface area contributed by atoms with Gasteiger partial charge in [0.05, 0.1) is 25.3 Å². The molecule has 1 aromatic carbocycles. The van der Waals surface area contributed by atoms with Crippen molar-refractivity contribution in [3.8, 4) is 0 Å². The summed E-state index contributed by atoms with van der Waals surface area (Å²) in [5, 5.41) is 0. The fraction of sp³-hybridized carbons (Fsp3) is 0.529. The zero-order chi connectivity index (χ0) is 15.2. The van der Waals surface area contributed by atoms with Gasteiger partial charge in [-0.2, -0.15) is 0 Å². The summed E-state index contributed by atoms with van der Waals surface area (Å²) >= 11 is 0. The third-order valence-corrected chi connectivity index (χ3v) is 5.21. The number of hydrogen-bond donors (Lipinski definition) is 0. The number of nitrogens with zero attached hydrogens (tertiary/aromatic N) is 2. The normalized spacial score (nSPS) is 28.6. The van der Waals surface area contributed by atoms with Crippen LogP contribution in [0.15, 0.2) is 24.3 Å². The average Bonchev–Trinajstić information content (AvgIpc) is 3.03. The largest absolute Gasteiger partial charge is 0.379 e. The monoisotopic (exact) mass is 300 g/mol. The van der Waals surface area contributed by atoms with Crippen molar-refractivity contribution in [1.82, 2.24) is 9.80 Å². The predicted molar refractivity (Wildman–Crippen MR) is 80.2 cm³/mol. The molecule has 1 spiro atoms. The van der Waals surface area contributed by atoms with E-state index in [4.69, 9.17) is 4.74 Å². The molecule has 116 valence electrons. The van der Waals surface area contributed by atoms with E-state index in [1.165, 1.54) is 10.5 Å². The second kappa shape index (κ2) is 5.18. The van der Waals surface area contributed by atoms with Crippen molar-refractivity contribution in [2.24, 2.45) is 0 Å². The van der Waals surface area contributed by atoms with Crippen LogP contribution in [0, 0.1) is 0 Å². The molecule has 4 rings (SSSR count). The van der Waals surface area contributed by atoms with Crippen LogP contribution in [0.3, 0.4) is 0 Å². The number of morpholine rings is 1. The topological polar surface area (TPSA) is 49.9 Å². The molecule has 0 N–H and O–H groups in total. The molecule has 0 radical (unpaired) electrons. The summed E-state index contributed by atoms with van der Waals surface area (Å²) in [4.78, 5) is 29.1. The quantitative estimate of drug-likeness (QED) is 0.762. The van der Waals surface area contributed by atoms with Gasteiger partial charge in [0, 0.05) is 19.5 Å². The first kappa shape index (κ1) is 13.9. The Morgan fingerprint density at radius 2 is 1.91 bits per heavy atom. The van der Waals surface area contributed by atoms with Crippen LogP contribution in [-0.2, 0) is 26.2 Å². The van der Waals surface area contributed by atoms with E-state index in [-0.39, 0.29) is 11.8 Å². The van der Waals surface area contributed by atoms with Gasteiger partial charge in [-0.25, -0.2) is 0 Å². The summed E-state index contributed by atoms with van der Waals surface area (Å²) < 4.78 is 5.33. The van der Waals surface area contributed by atoms with Gasteiger partial charge in [0.1, 0.15) is 0 Å². The molecule has 2 heterocycles. The first-order valence-corrected chi connectivity index (χ1v) is 7.94. The Morgan fingerprint density at radius 3 is 2.73 bits per heavy atom. The minimum absolute atomic E-state index is 0.00561. The lowest BCUT2D eigenvalue weighted by atomic mass is 9.80. The third-order valence-electron chi connectivity index (χ3n) is 5.21. The van der Waals surface area contributed by atoms with Crippen LogP contribution in [0.2, 0.25) is 0 Å². The number of amides is 2. The number of likely N-dealkylation sites (tertiary alicyclic amines) is 1. The van der Waals surface area contributed by atoms with Crippen molar-refractivity contribution in [3.05, 3.63) is 35.4 Å². The van der Waals surface area contributed by atoms with Gasteiger partial charge in [-0.15, -0.1) is 0 Å². The van der Waals surface area contributed by atoms with Gasteiger partial charge < -0.3 is 4.74 Å². The van der Waals surface area contributed by atoms with E-state index in [0.29, 0.717) is 26.3 Å². The first-order valence-electron chi connectivity index (χ1n) is 7.94. The van der Waals surface area contributed by atoms with E-state index < -0.39 is 5.41 Å². The Labute approximate surface area is 129 Å². The molecule has 0 saturated carbocycles. The molecule has 3 aliphatic rings. The van der Waals surface area contributed by atoms with Crippen LogP contribution >= 0.6 is 0 Å². The number of hydrogen-bond acceptors (Lipinski definition) is 4. The maximum atomic E-state index is 13.0. The highest BCUT2D eigenvalue weighted by atomic mass is 16.5. The Hall–Kier alpha value is -1.72. The van der Waals surface area contributed by atoms with E-state index in [1.807, 2.05) is 18.2 Å². The molecule has 1 aromatic rings. The Kier molecular flexibility index (Phi) is 3.27. The van der Waals surface area contributed by atoms with Crippen LogP contribution in [0.25, 0.3) is 0 Å². The smallest absolute Gasteiger partial charge is 0.241 e. The zero-order valence-corrected chi connectivity index (χ0v) is 12.6. The molecule has 1 aliphatic carbocycles. The molecular formula is C17H20N2O3. The number of carbonyl (C=O) groups excluding carboxylic acids is 2. The van der Waals surface area contributed by atoms with Crippen molar-refractivity contribution in [1.29, 1.82) is 0 Å². The third kappa shape index (κ3) is 2.00. The Bertz CT molecular complexity index is 624. The van der Waals surface area contributed by atoms with Crippen molar-refractivity contribution >= 4 is 11.8 Å². The molecule has 2 fully saturated rings. The molecule has 5 heteroatoms. The zero-order valence-electron chi connectivity index (χ0n) is 12.6. The summed E-state index contributed by atoms with van der Waals surface area (Å²) in [7, 11) is 0. The molecule has 2 saturated heterocycles. The van der Waals surface area contributed by atoms with Crippen LogP contribution in [0.4, 0.5) is 0 Å². The van der Waals surface area contributed by atoms with Crippen molar-refractivity contribution in [2.75, 3.05) is 33.0 Å². The molecular weight excluding hydrogens is 280 g/mol. The summed E-state index contributed by atoms with van der Waals surface area (Å²) in [5.41, 5.74) is 1.69. The molecule has 1 unspecified atom stereocenters. The first-order chi connectivity index (χ1) is 10.7. The number of rotatable bonds is 2. The molecule has 22 heavy (non-hydrogen) atoms. The van der Waals surface area contributed by atoms with E-state index >= 15 is 0 Å². The van der Waals surface area contributed by atoms with Gasteiger partial charge in [0.15, 0.2) is 0 Å². The highest BCUT2D eigenvalue weighted by molar-refractivity contribution is 6.09. The SMILES string of the molecule is O=C1CC2(CCc3ccccc32)C(=O)N1CN1CCOCC1. The van der Waals surface area contributed by atoms with Crippen LogP contribution < -0.4 is 0 Å². The van der Waals surface area contributed by atoms with Crippen molar-refractivity contribution in [2.45, 2.75) is 24.7 Å². The lowest BCUT2D eigenvalue weighted by molar-refractivity contribution is -0.143.